The molecule has 3 fully saturated rings. The van der Waals surface area contributed by atoms with Crippen LogP contribution in [0.25, 0.3) is 0 Å². The standard InChI is InChI=1S/C23H29N3O/c1-25(21-10-6-3-7-11-21)16-20-17-26-13-12-19(20)14-22(26)15-24-23(27)18-8-4-2-5-9-18/h2-11,19-20,22H,12-17H2,1H3,(H,24,27)/t19-,20+,22+/m0/s1. The predicted molar refractivity (Wildman–Crippen MR) is 110 cm³/mol. The fourth-order valence-electron chi connectivity index (χ4n) is 4.71. The number of hydrogen-bond acceptors (Lipinski definition) is 3. The Balaban J connectivity index is 1.30. The molecule has 3 heterocycles. The van der Waals surface area contributed by atoms with E-state index in [4.69, 9.17) is 0 Å². The Morgan fingerprint density at radius 2 is 1.81 bits per heavy atom. The molecule has 1 amide bonds. The van der Waals surface area contributed by atoms with Gasteiger partial charge >= 0.3 is 0 Å². The maximum absolute atomic E-state index is 12.3. The average molecular weight is 364 g/mol. The SMILES string of the molecule is CN(C[C@@H]1CN2CC[C@H]1C[C@@H]2CNC(=O)c1ccccc1)c1ccccc1. The number of nitrogens with one attached hydrogen (secondary N) is 1. The number of piperidine rings is 3. The van der Waals surface area contributed by atoms with Crippen molar-refractivity contribution < 1.29 is 4.79 Å². The van der Waals surface area contributed by atoms with E-state index in [1.165, 1.54) is 25.1 Å². The van der Waals surface area contributed by atoms with E-state index >= 15 is 0 Å². The minimum Gasteiger partial charge on any atom is -0.374 e. The quantitative estimate of drug-likeness (QED) is 0.856. The van der Waals surface area contributed by atoms with Gasteiger partial charge in [-0.2, -0.15) is 0 Å². The van der Waals surface area contributed by atoms with Crippen molar-refractivity contribution in [2.75, 3.05) is 38.1 Å². The Labute approximate surface area is 162 Å². The molecule has 1 unspecified atom stereocenters. The van der Waals surface area contributed by atoms with E-state index in [0.717, 1.165) is 31.1 Å². The Morgan fingerprint density at radius 3 is 2.48 bits per heavy atom. The van der Waals surface area contributed by atoms with Gasteiger partial charge in [-0.25, -0.2) is 0 Å². The first-order valence-electron chi connectivity index (χ1n) is 10.0. The van der Waals surface area contributed by atoms with Gasteiger partial charge in [0.05, 0.1) is 0 Å². The number of benzene rings is 2. The predicted octanol–water partition coefficient (Wildman–Crippen LogP) is 3.26. The fourth-order valence-corrected chi connectivity index (χ4v) is 4.71. The minimum absolute atomic E-state index is 0.0404. The second-order valence-corrected chi connectivity index (χ2v) is 7.99. The zero-order valence-corrected chi connectivity index (χ0v) is 16.1. The number of rotatable bonds is 6. The van der Waals surface area contributed by atoms with Crippen LogP contribution in [0.1, 0.15) is 23.2 Å². The number of amides is 1. The number of anilines is 1. The van der Waals surface area contributed by atoms with E-state index in [1.807, 2.05) is 30.3 Å². The molecule has 4 atom stereocenters. The maximum atomic E-state index is 12.3. The highest BCUT2D eigenvalue weighted by Crippen LogP contribution is 2.36. The molecule has 3 aliphatic rings. The van der Waals surface area contributed by atoms with Gasteiger partial charge in [-0.15, -0.1) is 0 Å². The van der Waals surface area contributed by atoms with Crippen LogP contribution in [0.3, 0.4) is 0 Å². The van der Waals surface area contributed by atoms with E-state index in [2.05, 4.69) is 52.5 Å². The minimum atomic E-state index is 0.0404. The molecule has 2 bridgehead atoms. The van der Waals surface area contributed by atoms with Crippen LogP contribution >= 0.6 is 0 Å². The van der Waals surface area contributed by atoms with Gasteiger partial charge in [0.25, 0.3) is 5.91 Å². The zero-order valence-electron chi connectivity index (χ0n) is 16.1. The lowest BCUT2D eigenvalue weighted by atomic mass is 9.75. The van der Waals surface area contributed by atoms with E-state index in [-0.39, 0.29) is 5.91 Å². The van der Waals surface area contributed by atoms with Crippen molar-refractivity contribution in [2.24, 2.45) is 11.8 Å². The van der Waals surface area contributed by atoms with Crippen molar-refractivity contribution in [3.8, 4) is 0 Å². The molecular weight excluding hydrogens is 334 g/mol. The van der Waals surface area contributed by atoms with Crippen LogP contribution in [0, 0.1) is 11.8 Å². The van der Waals surface area contributed by atoms with Gasteiger partial charge in [0.2, 0.25) is 0 Å². The fraction of sp³-hybridized carbons (Fsp3) is 0.435. The molecule has 0 spiro atoms. The summed E-state index contributed by atoms with van der Waals surface area (Å²) in [6.45, 7) is 4.18. The molecule has 0 saturated carbocycles. The third-order valence-corrected chi connectivity index (χ3v) is 6.25. The van der Waals surface area contributed by atoms with Crippen molar-refractivity contribution in [3.63, 3.8) is 0 Å². The van der Waals surface area contributed by atoms with Gasteiger partial charge in [-0.05, 0) is 55.5 Å². The van der Waals surface area contributed by atoms with Gasteiger partial charge in [0, 0.05) is 44.0 Å². The van der Waals surface area contributed by atoms with Gasteiger partial charge in [-0.1, -0.05) is 36.4 Å². The first-order chi connectivity index (χ1) is 13.2. The van der Waals surface area contributed by atoms with Crippen molar-refractivity contribution in [1.82, 2.24) is 10.2 Å². The molecule has 3 saturated heterocycles. The van der Waals surface area contributed by atoms with Crippen LogP contribution in [-0.2, 0) is 0 Å². The lowest BCUT2D eigenvalue weighted by Gasteiger charge is -2.50. The molecule has 2 aromatic carbocycles. The molecule has 0 aromatic heterocycles. The molecular formula is C23H29N3O. The first kappa shape index (κ1) is 18.1. The van der Waals surface area contributed by atoms with Gasteiger partial charge in [0.1, 0.15) is 0 Å². The van der Waals surface area contributed by atoms with Crippen molar-refractivity contribution in [3.05, 3.63) is 66.2 Å². The number of fused-ring (bicyclic) bond motifs is 3. The van der Waals surface area contributed by atoms with E-state index in [9.17, 15) is 4.79 Å². The number of para-hydroxylation sites is 1. The first-order valence-corrected chi connectivity index (χ1v) is 10.0. The topological polar surface area (TPSA) is 35.6 Å². The van der Waals surface area contributed by atoms with E-state index in [0.29, 0.717) is 12.0 Å². The van der Waals surface area contributed by atoms with Crippen LogP contribution in [0.4, 0.5) is 5.69 Å². The summed E-state index contributed by atoms with van der Waals surface area (Å²) < 4.78 is 0. The van der Waals surface area contributed by atoms with E-state index < -0.39 is 0 Å². The van der Waals surface area contributed by atoms with Crippen LogP contribution in [0.2, 0.25) is 0 Å². The smallest absolute Gasteiger partial charge is 0.251 e. The number of hydrogen-bond donors (Lipinski definition) is 1. The second-order valence-electron chi connectivity index (χ2n) is 7.99. The van der Waals surface area contributed by atoms with Crippen molar-refractivity contribution in [2.45, 2.75) is 18.9 Å². The number of carbonyl (C=O) groups is 1. The average Bonchev–Trinajstić information content (AvgIpc) is 2.74. The Kier molecular flexibility index (Phi) is 5.44. The van der Waals surface area contributed by atoms with Crippen molar-refractivity contribution in [1.29, 1.82) is 0 Å². The normalized spacial score (nSPS) is 26.6. The lowest BCUT2D eigenvalue weighted by molar-refractivity contribution is 0.00517. The third kappa shape index (κ3) is 4.16. The Bertz CT molecular complexity index is 749. The molecule has 142 valence electrons. The summed E-state index contributed by atoms with van der Waals surface area (Å²) in [5.74, 6) is 1.52. The molecule has 27 heavy (non-hydrogen) atoms. The van der Waals surface area contributed by atoms with Crippen LogP contribution < -0.4 is 10.2 Å². The largest absolute Gasteiger partial charge is 0.374 e. The molecule has 2 aromatic rings. The van der Waals surface area contributed by atoms with Crippen LogP contribution in [0.5, 0.6) is 0 Å². The molecule has 4 nitrogen and oxygen atoms in total. The molecule has 3 aliphatic heterocycles. The Hall–Kier alpha value is -2.33. The highest BCUT2D eigenvalue weighted by Gasteiger charge is 2.40. The van der Waals surface area contributed by atoms with Crippen molar-refractivity contribution >= 4 is 11.6 Å². The highest BCUT2D eigenvalue weighted by atomic mass is 16.1. The van der Waals surface area contributed by atoms with Gasteiger partial charge < -0.3 is 10.2 Å². The molecule has 1 N–H and O–H groups in total. The molecule has 5 rings (SSSR count). The monoisotopic (exact) mass is 363 g/mol. The molecule has 0 radical (unpaired) electrons. The van der Waals surface area contributed by atoms with E-state index in [1.54, 1.807) is 0 Å². The Morgan fingerprint density at radius 1 is 1.11 bits per heavy atom. The highest BCUT2D eigenvalue weighted by molar-refractivity contribution is 5.94. The maximum Gasteiger partial charge on any atom is 0.251 e. The summed E-state index contributed by atoms with van der Waals surface area (Å²) in [7, 11) is 2.20. The lowest BCUT2D eigenvalue weighted by Crippen LogP contribution is -2.58. The summed E-state index contributed by atoms with van der Waals surface area (Å²) in [4.78, 5) is 17.3. The summed E-state index contributed by atoms with van der Waals surface area (Å²) >= 11 is 0. The van der Waals surface area contributed by atoms with Crippen LogP contribution in [0.15, 0.2) is 60.7 Å². The molecule has 4 heteroatoms. The molecule has 0 aliphatic carbocycles. The summed E-state index contributed by atoms with van der Waals surface area (Å²) in [5.41, 5.74) is 2.04. The van der Waals surface area contributed by atoms with Crippen LogP contribution in [-0.4, -0.2) is 50.1 Å². The zero-order chi connectivity index (χ0) is 18.6. The number of carbonyl (C=O) groups excluding carboxylic acids is 1. The third-order valence-electron chi connectivity index (χ3n) is 6.25. The van der Waals surface area contributed by atoms with Gasteiger partial charge in [0.15, 0.2) is 0 Å². The summed E-state index contributed by atoms with van der Waals surface area (Å²) in [6, 6.07) is 20.6. The van der Waals surface area contributed by atoms with Gasteiger partial charge in [-0.3, -0.25) is 9.69 Å². The number of nitrogens with zero attached hydrogens (tertiary/aromatic N) is 2. The second kappa shape index (κ2) is 8.13. The summed E-state index contributed by atoms with van der Waals surface area (Å²) in [6.07, 6.45) is 2.48. The summed E-state index contributed by atoms with van der Waals surface area (Å²) in [5, 5.41) is 3.14.